The molecule has 3 amide bonds. The average molecular weight is 522 g/mol. The standard InChI is InChI=1S/C30H39N3O5/c1-28(2,3)19-29(4,5)33-16-10-14-30-23(26(36)32(17-18-34)24(30)27(33)37)22-21(38-30)13-9-15-31(25(22)35)20-11-7-6-8-12-20/h6-14,21-24,34H,15-19H2,1-5H3/t21-,22+,23-,24?,30-/m0/s1. The minimum absolute atomic E-state index is 0.00203. The van der Waals surface area contributed by atoms with Crippen molar-refractivity contribution in [2.75, 3.05) is 31.1 Å². The molecule has 4 heterocycles. The number of benzene rings is 1. The summed E-state index contributed by atoms with van der Waals surface area (Å²) >= 11 is 0. The van der Waals surface area contributed by atoms with Crippen LogP contribution in [-0.2, 0) is 19.1 Å². The van der Waals surface area contributed by atoms with E-state index in [0.717, 1.165) is 12.1 Å². The Bertz CT molecular complexity index is 1170. The van der Waals surface area contributed by atoms with Crippen molar-refractivity contribution >= 4 is 23.4 Å². The van der Waals surface area contributed by atoms with Crippen LogP contribution >= 0.6 is 0 Å². The Labute approximate surface area is 224 Å². The van der Waals surface area contributed by atoms with Gasteiger partial charge in [-0.3, -0.25) is 14.4 Å². The van der Waals surface area contributed by atoms with E-state index in [4.69, 9.17) is 4.74 Å². The lowest BCUT2D eigenvalue weighted by atomic mass is 9.77. The summed E-state index contributed by atoms with van der Waals surface area (Å²) in [5, 5.41) is 9.89. The van der Waals surface area contributed by atoms with Gasteiger partial charge in [0, 0.05) is 30.9 Å². The third-order valence-corrected chi connectivity index (χ3v) is 8.26. The maximum atomic E-state index is 14.4. The molecule has 0 aliphatic carbocycles. The molecule has 38 heavy (non-hydrogen) atoms. The number of hydrogen-bond donors (Lipinski definition) is 1. The summed E-state index contributed by atoms with van der Waals surface area (Å²) in [4.78, 5) is 47.5. The van der Waals surface area contributed by atoms with Gasteiger partial charge in [-0.25, -0.2) is 0 Å². The van der Waals surface area contributed by atoms with Crippen LogP contribution in [0.1, 0.15) is 41.0 Å². The fraction of sp³-hybridized carbons (Fsp3) is 0.567. The van der Waals surface area contributed by atoms with Crippen molar-refractivity contribution in [2.45, 2.75) is 64.3 Å². The second-order valence-electron chi connectivity index (χ2n) is 12.7. The first-order valence-electron chi connectivity index (χ1n) is 13.5. The molecular formula is C30H39N3O5. The Balaban J connectivity index is 1.57. The number of aliphatic hydroxyl groups is 1. The van der Waals surface area contributed by atoms with Gasteiger partial charge in [0.1, 0.15) is 11.6 Å². The lowest BCUT2D eigenvalue weighted by molar-refractivity contribution is -0.152. The highest BCUT2D eigenvalue weighted by molar-refractivity contribution is 6.03. The molecule has 0 aromatic heterocycles. The molecule has 5 atom stereocenters. The fourth-order valence-electron chi connectivity index (χ4n) is 7.26. The second-order valence-corrected chi connectivity index (χ2v) is 12.7. The highest BCUT2D eigenvalue weighted by Crippen LogP contribution is 2.54. The second kappa shape index (κ2) is 9.35. The minimum atomic E-state index is -1.29. The molecule has 2 saturated heterocycles. The van der Waals surface area contributed by atoms with Gasteiger partial charge in [-0.2, -0.15) is 0 Å². The monoisotopic (exact) mass is 521 g/mol. The van der Waals surface area contributed by atoms with Gasteiger partial charge in [0.15, 0.2) is 0 Å². The smallest absolute Gasteiger partial charge is 0.249 e. The maximum absolute atomic E-state index is 14.4. The Morgan fingerprint density at radius 3 is 2.34 bits per heavy atom. The SMILES string of the molecule is CC(C)(C)CC(C)(C)N1CC=C[C@]23O[C@H]4C=CCN(c5ccccc5)C(=O)[C@H]4[C@H]2C(=O)N(CCO)C3C1=O. The lowest BCUT2D eigenvalue weighted by Crippen LogP contribution is -2.60. The van der Waals surface area contributed by atoms with Gasteiger partial charge in [0.2, 0.25) is 17.7 Å². The van der Waals surface area contributed by atoms with Crippen LogP contribution in [0.15, 0.2) is 54.6 Å². The summed E-state index contributed by atoms with van der Waals surface area (Å²) in [6, 6.07) is 8.44. The number of carbonyl (C=O) groups is 3. The number of anilines is 1. The summed E-state index contributed by atoms with van der Waals surface area (Å²) in [7, 11) is 0. The molecule has 5 rings (SSSR count). The number of rotatable bonds is 5. The number of ether oxygens (including phenoxy) is 1. The third kappa shape index (κ3) is 4.18. The summed E-state index contributed by atoms with van der Waals surface area (Å²) in [5.74, 6) is -2.36. The highest BCUT2D eigenvalue weighted by atomic mass is 16.5. The first-order chi connectivity index (χ1) is 17.9. The summed E-state index contributed by atoms with van der Waals surface area (Å²) in [6.45, 7) is 11.0. The first kappa shape index (κ1) is 26.6. The number of β-amino-alcohol motifs (C(OH)–C–C–N with tert-alkyl or cyclic N) is 1. The zero-order chi connectivity index (χ0) is 27.5. The zero-order valence-electron chi connectivity index (χ0n) is 23.0. The minimum Gasteiger partial charge on any atom is -0.395 e. The molecule has 8 heteroatoms. The van der Waals surface area contributed by atoms with E-state index in [0.29, 0.717) is 13.1 Å². The molecule has 1 N–H and O–H groups in total. The molecule has 4 aliphatic heterocycles. The van der Waals surface area contributed by atoms with E-state index in [1.54, 1.807) is 4.90 Å². The molecule has 0 bridgehead atoms. The van der Waals surface area contributed by atoms with Gasteiger partial charge in [-0.15, -0.1) is 0 Å². The van der Waals surface area contributed by atoms with E-state index in [9.17, 15) is 19.5 Å². The highest BCUT2D eigenvalue weighted by Gasteiger charge is 2.72. The van der Waals surface area contributed by atoms with Gasteiger partial charge in [0.05, 0.1) is 24.5 Å². The van der Waals surface area contributed by atoms with E-state index in [-0.39, 0.29) is 36.3 Å². The van der Waals surface area contributed by atoms with E-state index in [1.807, 2.05) is 59.5 Å². The number of aliphatic hydroxyl groups excluding tert-OH is 1. The summed E-state index contributed by atoms with van der Waals surface area (Å²) < 4.78 is 6.66. The normalized spacial score (nSPS) is 31.3. The van der Waals surface area contributed by atoms with E-state index in [1.165, 1.54) is 4.90 Å². The van der Waals surface area contributed by atoms with Gasteiger partial charge in [-0.05, 0) is 37.8 Å². The van der Waals surface area contributed by atoms with Crippen molar-refractivity contribution in [3.63, 3.8) is 0 Å². The number of para-hydroxylation sites is 1. The molecule has 204 valence electrons. The molecule has 1 spiro atoms. The van der Waals surface area contributed by atoms with Crippen LogP contribution in [0, 0.1) is 17.3 Å². The Hall–Kier alpha value is -2.97. The lowest BCUT2D eigenvalue weighted by Gasteiger charge is -2.44. The first-order valence-corrected chi connectivity index (χ1v) is 13.5. The molecule has 4 aliphatic rings. The van der Waals surface area contributed by atoms with Gasteiger partial charge in [-0.1, -0.05) is 63.3 Å². The molecule has 0 radical (unpaired) electrons. The van der Waals surface area contributed by atoms with Crippen molar-refractivity contribution in [1.82, 2.24) is 9.80 Å². The molecule has 1 aromatic carbocycles. The fourth-order valence-corrected chi connectivity index (χ4v) is 7.26. The van der Waals surface area contributed by atoms with Crippen molar-refractivity contribution in [3.8, 4) is 0 Å². The molecule has 1 aromatic rings. The molecule has 8 nitrogen and oxygen atoms in total. The quantitative estimate of drug-likeness (QED) is 0.602. The van der Waals surface area contributed by atoms with Crippen LogP contribution in [-0.4, -0.2) is 82.2 Å². The van der Waals surface area contributed by atoms with Gasteiger partial charge in [0.25, 0.3) is 0 Å². The molecule has 2 fully saturated rings. The molecular weight excluding hydrogens is 482 g/mol. The summed E-state index contributed by atoms with van der Waals surface area (Å²) in [6.07, 6.45) is 7.67. The largest absolute Gasteiger partial charge is 0.395 e. The Kier molecular flexibility index (Phi) is 6.55. The van der Waals surface area contributed by atoms with Gasteiger partial charge < -0.3 is 24.5 Å². The molecule has 0 saturated carbocycles. The Morgan fingerprint density at radius 1 is 0.974 bits per heavy atom. The third-order valence-electron chi connectivity index (χ3n) is 8.26. The van der Waals surface area contributed by atoms with E-state index < -0.39 is 35.1 Å². The average Bonchev–Trinajstić information content (AvgIpc) is 3.13. The Morgan fingerprint density at radius 2 is 1.68 bits per heavy atom. The maximum Gasteiger partial charge on any atom is 0.249 e. The van der Waals surface area contributed by atoms with Crippen molar-refractivity contribution < 1.29 is 24.2 Å². The van der Waals surface area contributed by atoms with Crippen molar-refractivity contribution in [3.05, 3.63) is 54.6 Å². The number of amides is 3. The number of carbonyl (C=O) groups excluding carboxylic acids is 3. The van der Waals surface area contributed by atoms with Crippen LogP contribution in [0.4, 0.5) is 5.69 Å². The van der Waals surface area contributed by atoms with Gasteiger partial charge >= 0.3 is 0 Å². The van der Waals surface area contributed by atoms with Crippen molar-refractivity contribution in [1.29, 1.82) is 0 Å². The number of fused-ring (bicyclic) bond motifs is 2. The number of likely N-dealkylation sites (tertiary alicyclic amines) is 1. The van der Waals surface area contributed by atoms with Crippen LogP contribution in [0.2, 0.25) is 0 Å². The van der Waals surface area contributed by atoms with Crippen LogP contribution in [0.25, 0.3) is 0 Å². The predicted octanol–water partition coefficient (Wildman–Crippen LogP) is 2.78. The van der Waals surface area contributed by atoms with Crippen LogP contribution in [0.3, 0.4) is 0 Å². The zero-order valence-corrected chi connectivity index (χ0v) is 23.0. The van der Waals surface area contributed by atoms with Crippen molar-refractivity contribution in [2.24, 2.45) is 17.3 Å². The number of hydrogen-bond acceptors (Lipinski definition) is 5. The van der Waals surface area contributed by atoms with Crippen LogP contribution in [0.5, 0.6) is 0 Å². The predicted molar refractivity (Wildman–Crippen MR) is 144 cm³/mol. The topological polar surface area (TPSA) is 90.4 Å². The van der Waals surface area contributed by atoms with E-state index >= 15 is 0 Å². The summed E-state index contributed by atoms with van der Waals surface area (Å²) in [5.41, 5.74) is -1.04. The number of nitrogens with zero attached hydrogens (tertiary/aromatic N) is 3. The van der Waals surface area contributed by atoms with Crippen LogP contribution < -0.4 is 4.90 Å². The van der Waals surface area contributed by atoms with E-state index in [2.05, 4.69) is 34.6 Å². The molecule has 1 unspecified atom stereocenters.